The van der Waals surface area contributed by atoms with E-state index in [1.807, 2.05) is 6.07 Å². The average molecular weight is 395 g/mol. The van der Waals surface area contributed by atoms with Crippen molar-refractivity contribution in [2.45, 2.75) is 19.5 Å². The summed E-state index contributed by atoms with van der Waals surface area (Å²) in [4.78, 5) is 19.5. The molecule has 7 nitrogen and oxygen atoms in total. The minimum Gasteiger partial charge on any atom is -0.380 e. The van der Waals surface area contributed by atoms with E-state index in [0.717, 1.165) is 5.56 Å². The van der Waals surface area contributed by atoms with Crippen LogP contribution >= 0.6 is 23.2 Å². The van der Waals surface area contributed by atoms with Gasteiger partial charge in [-0.15, -0.1) is 0 Å². The fourth-order valence-electron chi connectivity index (χ4n) is 2.45. The minimum absolute atomic E-state index is 0.263. The number of fused-ring (bicyclic) bond motifs is 1. The molecule has 0 aliphatic rings. The third-order valence-corrected chi connectivity index (χ3v) is 4.42. The zero-order valence-corrected chi connectivity index (χ0v) is 15.5. The second-order valence-electron chi connectivity index (χ2n) is 5.58. The van der Waals surface area contributed by atoms with Crippen molar-refractivity contribution in [3.63, 3.8) is 0 Å². The van der Waals surface area contributed by atoms with Gasteiger partial charge in [0.1, 0.15) is 5.52 Å². The zero-order valence-electron chi connectivity index (χ0n) is 14.0. The predicted molar refractivity (Wildman–Crippen MR) is 103 cm³/mol. The van der Waals surface area contributed by atoms with Gasteiger partial charge in [0.2, 0.25) is 5.95 Å². The summed E-state index contributed by atoms with van der Waals surface area (Å²) < 4.78 is 6.98. The summed E-state index contributed by atoms with van der Waals surface area (Å²) in [6, 6.07) is 5.33. The number of rotatable bonds is 8. The topological polar surface area (TPSA) is 84.8 Å². The van der Waals surface area contributed by atoms with Crippen LogP contribution in [0, 0.1) is 6.92 Å². The highest BCUT2D eigenvalue weighted by Crippen LogP contribution is 2.22. The molecule has 137 valence electrons. The molecule has 0 amide bonds. The molecule has 2 aromatic heterocycles. The molecule has 1 radical (unpaired) electrons. The van der Waals surface area contributed by atoms with Crippen molar-refractivity contribution in [1.29, 1.82) is 0 Å². The number of nitrogens with one attached hydrogen (secondary N) is 2. The van der Waals surface area contributed by atoms with Gasteiger partial charge in [0.25, 0.3) is 5.56 Å². The summed E-state index contributed by atoms with van der Waals surface area (Å²) in [5.41, 5.74) is 1.59. The normalized spacial score (nSPS) is 11.2. The van der Waals surface area contributed by atoms with E-state index in [2.05, 4.69) is 27.3 Å². The molecule has 0 aliphatic carbocycles. The summed E-state index contributed by atoms with van der Waals surface area (Å²) in [6.45, 7) is 5.67. The lowest BCUT2D eigenvalue weighted by Crippen LogP contribution is -2.17. The van der Waals surface area contributed by atoms with Gasteiger partial charge in [-0.25, -0.2) is 4.98 Å². The Kier molecular flexibility index (Phi) is 6.13. The number of halogens is 2. The van der Waals surface area contributed by atoms with Crippen LogP contribution in [0.4, 0.5) is 5.95 Å². The van der Waals surface area contributed by atoms with Gasteiger partial charge in [0, 0.05) is 13.2 Å². The second-order valence-corrected chi connectivity index (χ2v) is 6.40. The van der Waals surface area contributed by atoms with E-state index in [1.54, 1.807) is 23.0 Å². The summed E-state index contributed by atoms with van der Waals surface area (Å²) >= 11 is 11.9. The molecule has 0 spiro atoms. The first kappa shape index (κ1) is 18.7. The number of benzene rings is 1. The Balaban J connectivity index is 1.72. The minimum atomic E-state index is -0.263. The van der Waals surface area contributed by atoms with Crippen molar-refractivity contribution in [3.05, 3.63) is 57.3 Å². The Bertz CT molecular complexity index is 954. The van der Waals surface area contributed by atoms with Crippen LogP contribution in [-0.4, -0.2) is 33.0 Å². The maximum atomic E-state index is 12.4. The summed E-state index contributed by atoms with van der Waals surface area (Å²) in [5, 5.41) is 8.26. The lowest BCUT2D eigenvalue weighted by atomic mass is 10.2. The highest BCUT2D eigenvalue weighted by molar-refractivity contribution is 6.42. The van der Waals surface area contributed by atoms with Crippen LogP contribution in [0.25, 0.3) is 11.0 Å². The molecule has 0 atom stereocenters. The Morgan fingerprint density at radius 3 is 2.88 bits per heavy atom. The molecule has 0 fully saturated rings. The van der Waals surface area contributed by atoms with E-state index in [9.17, 15) is 4.79 Å². The maximum Gasteiger partial charge on any atom is 0.278 e. The second kappa shape index (κ2) is 8.53. The van der Waals surface area contributed by atoms with Crippen molar-refractivity contribution in [2.75, 3.05) is 18.5 Å². The quantitative estimate of drug-likeness (QED) is 0.572. The van der Waals surface area contributed by atoms with E-state index in [0.29, 0.717) is 59.8 Å². The number of hydrogen-bond acceptors (Lipinski definition) is 5. The van der Waals surface area contributed by atoms with Gasteiger partial charge in [0.05, 0.1) is 29.4 Å². The Morgan fingerprint density at radius 1 is 1.27 bits per heavy atom. The van der Waals surface area contributed by atoms with Crippen LogP contribution in [0.15, 0.2) is 29.2 Å². The van der Waals surface area contributed by atoms with Crippen molar-refractivity contribution in [3.8, 4) is 0 Å². The Hall–Kier alpha value is -2.09. The number of aromatic amines is 1. The van der Waals surface area contributed by atoms with Crippen LogP contribution in [0.2, 0.25) is 10.0 Å². The smallest absolute Gasteiger partial charge is 0.278 e. The molecule has 1 aromatic carbocycles. The van der Waals surface area contributed by atoms with Gasteiger partial charge in [-0.3, -0.25) is 14.5 Å². The molecule has 0 aliphatic heterocycles. The number of hydrogen-bond donors (Lipinski definition) is 2. The van der Waals surface area contributed by atoms with E-state index < -0.39 is 0 Å². The molecule has 3 rings (SSSR count). The predicted octanol–water partition coefficient (Wildman–Crippen LogP) is 3.28. The first-order chi connectivity index (χ1) is 12.6. The third kappa shape index (κ3) is 4.35. The van der Waals surface area contributed by atoms with Crippen molar-refractivity contribution >= 4 is 40.2 Å². The van der Waals surface area contributed by atoms with Crippen LogP contribution < -0.4 is 10.9 Å². The van der Waals surface area contributed by atoms with Crippen molar-refractivity contribution in [1.82, 2.24) is 19.7 Å². The number of ether oxygens (including phenoxy) is 1. The van der Waals surface area contributed by atoms with Gasteiger partial charge in [-0.1, -0.05) is 36.2 Å². The van der Waals surface area contributed by atoms with Crippen LogP contribution in [0.5, 0.6) is 0 Å². The van der Waals surface area contributed by atoms with Gasteiger partial charge in [-0.05, 0) is 24.1 Å². The molecule has 9 heteroatoms. The molecular weight excluding hydrogens is 377 g/mol. The molecule has 3 aromatic rings. The van der Waals surface area contributed by atoms with Crippen molar-refractivity contribution < 1.29 is 4.74 Å². The lowest BCUT2D eigenvalue weighted by molar-refractivity contribution is 0.128. The third-order valence-electron chi connectivity index (χ3n) is 3.68. The molecule has 26 heavy (non-hydrogen) atoms. The van der Waals surface area contributed by atoms with E-state index in [-0.39, 0.29) is 5.56 Å². The summed E-state index contributed by atoms with van der Waals surface area (Å²) in [5.74, 6) is 0.362. The highest BCUT2D eigenvalue weighted by atomic mass is 35.5. The molecule has 2 N–H and O–H groups in total. The zero-order chi connectivity index (χ0) is 18.5. The monoisotopic (exact) mass is 394 g/mol. The van der Waals surface area contributed by atoms with Crippen LogP contribution in [-0.2, 0) is 17.8 Å². The van der Waals surface area contributed by atoms with E-state index in [4.69, 9.17) is 27.9 Å². The molecule has 0 saturated heterocycles. The molecule has 2 heterocycles. The first-order valence-corrected chi connectivity index (χ1v) is 8.84. The summed E-state index contributed by atoms with van der Waals surface area (Å²) in [6.07, 6.45) is 2.27. The largest absolute Gasteiger partial charge is 0.380 e. The maximum absolute atomic E-state index is 12.4. The number of nitrogens with zero attached hydrogens (tertiary/aromatic N) is 3. The fraction of sp³-hybridized carbons (Fsp3) is 0.294. The van der Waals surface area contributed by atoms with E-state index in [1.165, 1.54) is 0 Å². The van der Waals surface area contributed by atoms with Crippen LogP contribution in [0.3, 0.4) is 0 Å². The molecular formula is C17H18Cl2N5O2. The van der Waals surface area contributed by atoms with Crippen molar-refractivity contribution in [2.24, 2.45) is 0 Å². The molecule has 0 bridgehead atoms. The van der Waals surface area contributed by atoms with Crippen LogP contribution in [0.1, 0.15) is 12.0 Å². The molecule has 0 unspecified atom stereocenters. The number of H-pyrrole nitrogens is 1. The molecule has 0 saturated carbocycles. The Labute approximate surface area is 160 Å². The van der Waals surface area contributed by atoms with Gasteiger partial charge < -0.3 is 10.1 Å². The number of anilines is 1. The Morgan fingerprint density at radius 2 is 2.12 bits per heavy atom. The lowest BCUT2D eigenvalue weighted by Gasteiger charge is -2.07. The van der Waals surface area contributed by atoms with Gasteiger partial charge >= 0.3 is 0 Å². The highest BCUT2D eigenvalue weighted by Gasteiger charge is 2.10. The van der Waals surface area contributed by atoms with E-state index >= 15 is 0 Å². The first-order valence-electron chi connectivity index (χ1n) is 8.09. The standard InChI is InChI=1S/C17H18Cl2N5O2/c1-2-6-26-7-5-24-15-14(10-21-24)22-17(23-16(15)25)20-9-11-3-4-12(18)13(19)8-11/h3-4,8,10H,1-2,5-7,9H2,(H2,20,22,23,25). The SMILES string of the molecule is [CH2]CCOCCn1ncc2nc(NCc3ccc(Cl)c(Cl)c3)[nH]c(=O)c21. The van der Waals surface area contributed by atoms with Gasteiger partial charge in [-0.2, -0.15) is 5.10 Å². The summed E-state index contributed by atoms with van der Waals surface area (Å²) in [7, 11) is 0. The fourth-order valence-corrected chi connectivity index (χ4v) is 2.77. The van der Waals surface area contributed by atoms with Gasteiger partial charge in [0.15, 0.2) is 5.52 Å². The number of aromatic nitrogens is 4. The average Bonchev–Trinajstić information content (AvgIpc) is 3.03.